The first-order valence-electron chi connectivity index (χ1n) is 6.66. The summed E-state index contributed by atoms with van der Waals surface area (Å²) in [4.78, 5) is 15.8. The Balaban J connectivity index is 2.19. The van der Waals surface area contributed by atoms with E-state index in [1.165, 1.54) is 0 Å². The molecule has 0 aliphatic carbocycles. The molecule has 0 atom stereocenters. The van der Waals surface area contributed by atoms with Gasteiger partial charge in [-0.3, -0.25) is 9.78 Å². The molecular formula is C16H19N3O. The minimum atomic E-state index is 0.0225. The molecule has 2 N–H and O–H groups in total. The van der Waals surface area contributed by atoms with Gasteiger partial charge < -0.3 is 10.6 Å². The van der Waals surface area contributed by atoms with Gasteiger partial charge in [-0.2, -0.15) is 0 Å². The van der Waals surface area contributed by atoms with Gasteiger partial charge in [0, 0.05) is 31.0 Å². The molecule has 4 heteroatoms. The second-order valence-electron chi connectivity index (χ2n) is 4.67. The van der Waals surface area contributed by atoms with Crippen molar-refractivity contribution in [1.82, 2.24) is 10.3 Å². The SMILES string of the molecule is CNCCC(=O)Nc1cc(-c2ccncc2)ccc1C. The summed E-state index contributed by atoms with van der Waals surface area (Å²) in [6.07, 6.45) is 4.00. The molecule has 0 bridgehead atoms. The van der Waals surface area contributed by atoms with Crippen molar-refractivity contribution in [3.63, 3.8) is 0 Å². The van der Waals surface area contributed by atoms with Crippen LogP contribution in [0.15, 0.2) is 42.7 Å². The van der Waals surface area contributed by atoms with Crippen molar-refractivity contribution in [3.8, 4) is 11.1 Å². The maximum atomic E-state index is 11.8. The summed E-state index contributed by atoms with van der Waals surface area (Å²) in [5.41, 5.74) is 4.08. The van der Waals surface area contributed by atoms with Gasteiger partial charge in [0.2, 0.25) is 5.91 Å². The third-order valence-corrected chi connectivity index (χ3v) is 3.13. The molecule has 2 aromatic rings. The third kappa shape index (κ3) is 3.65. The minimum Gasteiger partial charge on any atom is -0.326 e. The van der Waals surface area contributed by atoms with E-state index in [1.54, 1.807) is 12.4 Å². The first kappa shape index (κ1) is 14.2. The summed E-state index contributed by atoms with van der Waals surface area (Å²) in [6, 6.07) is 9.98. The zero-order valence-corrected chi connectivity index (χ0v) is 11.8. The van der Waals surface area contributed by atoms with Crippen molar-refractivity contribution in [2.24, 2.45) is 0 Å². The van der Waals surface area contributed by atoms with Crippen LogP contribution in [-0.2, 0) is 4.79 Å². The predicted octanol–water partition coefficient (Wildman–Crippen LogP) is 2.61. The molecule has 1 aromatic heterocycles. The van der Waals surface area contributed by atoms with Crippen LogP contribution in [0.2, 0.25) is 0 Å². The van der Waals surface area contributed by atoms with Crippen LogP contribution in [-0.4, -0.2) is 24.5 Å². The van der Waals surface area contributed by atoms with Gasteiger partial charge >= 0.3 is 0 Å². The van der Waals surface area contributed by atoms with Gasteiger partial charge in [-0.15, -0.1) is 0 Å². The number of benzene rings is 1. The monoisotopic (exact) mass is 269 g/mol. The van der Waals surface area contributed by atoms with Crippen LogP contribution in [0.25, 0.3) is 11.1 Å². The number of carbonyl (C=O) groups excluding carboxylic acids is 1. The van der Waals surface area contributed by atoms with Crippen LogP contribution in [0.3, 0.4) is 0 Å². The minimum absolute atomic E-state index is 0.0225. The highest BCUT2D eigenvalue weighted by molar-refractivity contribution is 5.92. The number of amides is 1. The molecule has 0 unspecified atom stereocenters. The van der Waals surface area contributed by atoms with E-state index in [1.807, 2.05) is 44.3 Å². The average molecular weight is 269 g/mol. The fourth-order valence-electron chi connectivity index (χ4n) is 1.93. The first-order valence-corrected chi connectivity index (χ1v) is 6.66. The Morgan fingerprint density at radius 2 is 1.90 bits per heavy atom. The van der Waals surface area contributed by atoms with Crippen LogP contribution >= 0.6 is 0 Å². The van der Waals surface area contributed by atoms with Gasteiger partial charge in [-0.05, 0) is 48.9 Å². The molecule has 0 spiro atoms. The lowest BCUT2D eigenvalue weighted by molar-refractivity contribution is -0.116. The molecule has 0 saturated carbocycles. The Labute approximate surface area is 119 Å². The number of pyridine rings is 1. The van der Waals surface area contributed by atoms with Crippen molar-refractivity contribution in [2.45, 2.75) is 13.3 Å². The summed E-state index contributed by atoms with van der Waals surface area (Å²) in [6.45, 7) is 2.67. The van der Waals surface area contributed by atoms with Gasteiger partial charge in [0.1, 0.15) is 0 Å². The predicted molar refractivity (Wildman–Crippen MR) is 81.6 cm³/mol. The van der Waals surface area contributed by atoms with E-state index in [4.69, 9.17) is 0 Å². The quantitative estimate of drug-likeness (QED) is 0.877. The Kier molecular flexibility index (Phi) is 4.85. The molecule has 2 rings (SSSR count). The van der Waals surface area contributed by atoms with E-state index >= 15 is 0 Å². The lowest BCUT2D eigenvalue weighted by atomic mass is 10.0. The highest BCUT2D eigenvalue weighted by Crippen LogP contribution is 2.25. The third-order valence-electron chi connectivity index (χ3n) is 3.13. The summed E-state index contributed by atoms with van der Waals surface area (Å²) >= 11 is 0. The molecule has 104 valence electrons. The Morgan fingerprint density at radius 3 is 2.60 bits per heavy atom. The van der Waals surface area contributed by atoms with Crippen LogP contribution in [0.4, 0.5) is 5.69 Å². The van der Waals surface area contributed by atoms with Gasteiger partial charge in [0.25, 0.3) is 0 Å². The maximum Gasteiger partial charge on any atom is 0.225 e. The number of rotatable bonds is 5. The van der Waals surface area contributed by atoms with Gasteiger partial charge in [-0.25, -0.2) is 0 Å². The maximum absolute atomic E-state index is 11.8. The number of aryl methyl sites for hydroxylation is 1. The van der Waals surface area contributed by atoms with Crippen LogP contribution in [0.1, 0.15) is 12.0 Å². The molecule has 0 aliphatic heterocycles. The number of nitrogens with zero attached hydrogens (tertiary/aromatic N) is 1. The fraction of sp³-hybridized carbons (Fsp3) is 0.250. The summed E-state index contributed by atoms with van der Waals surface area (Å²) in [7, 11) is 1.84. The van der Waals surface area contributed by atoms with Crippen molar-refractivity contribution in [2.75, 3.05) is 18.9 Å². The second-order valence-corrected chi connectivity index (χ2v) is 4.67. The topological polar surface area (TPSA) is 54.0 Å². The number of hydrogen-bond donors (Lipinski definition) is 2. The van der Waals surface area contributed by atoms with Crippen molar-refractivity contribution in [3.05, 3.63) is 48.3 Å². The zero-order chi connectivity index (χ0) is 14.4. The van der Waals surface area contributed by atoms with Crippen molar-refractivity contribution < 1.29 is 4.79 Å². The Hall–Kier alpha value is -2.20. The smallest absolute Gasteiger partial charge is 0.225 e. The summed E-state index contributed by atoms with van der Waals surface area (Å²) in [5.74, 6) is 0.0225. The Bertz CT molecular complexity index is 582. The molecule has 1 amide bonds. The number of hydrogen-bond acceptors (Lipinski definition) is 3. The van der Waals surface area contributed by atoms with Crippen LogP contribution in [0, 0.1) is 6.92 Å². The number of aromatic nitrogens is 1. The first-order chi connectivity index (χ1) is 9.70. The largest absolute Gasteiger partial charge is 0.326 e. The number of carbonyl (C=O) groups is 1. The fourth-order valence-corrected chi connectivity index (χ4v) is 1.93. The van der Waals surface area contributed by atoms with E-state index in [9.17, 15) is 4.79 Å². The molecule has 0 radical (unpaired) electrons. The van der Waals surface area contributed by atoms with E-state index in [0.29, 0.717) is 13.0 Å². The summed E-state index contributed by atoms with van der Waals surface area (Å²) < 4.78 is 0. The molecule has 0 aliphatic rings. The second kappa shape index (κ2) is 6.82. The van der Waals surface area contributed by atoms with E-state index in [-0.39, 0.29) is 5.91 Å². The molecule has 0 fully saturated rings. The molecular weight excluding hydrogens is 250 g/mol. The highest BCUT2D eigenvalue weighted by atomic mass is 16.1. The molecule has 0 saturated heterocycles. The van der Waals surface area contributed by atoms with E-state index in [0.717, 1.165) is 22.4 Å². The van der Waals surface area contributed by atoms with Crippen LogP contribution < -0.4 is 10.6 Å². The summed E-state index contributed by atoms with van der Waals surface area (Å²) in [5, 5.41) is 5.93. The normalized spacial score (nSPS) is 10.3. The van der Waals surface area contributed by atoms with E-state index < -0.39 is 0 Å². The lowest BCUT2D eigenvalue weighted by Crippen LogP contribution is -2.19. The van der Waals surface area contributed by atoms with E-state index in [2.05, 4.69) is 15.6 Å². The zero-order valence-electron chi connectivity index (χ0n) is 11.8. The lowest BCUT2D eigenvalue weighted by Gasteiger charge is -2.11. The standard InChI is InChI=1S/C16H19N3O/c1-12-3-4-14(13-5-9-18-10-6-13)11-15(12)19-16(20)7-8-17-2/h3-6,9-11,17H,7-8H2,1-2H3,(H,19,20). The molecule has 4 nitrogen and oxygen atoms in total. The average Bonchev–Trinajstić information content (AvgIpc) is 2.48. The van der Waals surface area contributed by atoms with Gasteiger partial charge in [0.05, 0.1) is 0 Å². The molecule has 1 aromatic carbocycles. The van der Waals surface area contributed by atoms with Crippen molar-refractivity contribution in [1.29, 1.82) is 0 Å². The van der Waals surface area contributed by atoms with Gasteiger partial charge in [-0.1, -0.05) is 12.1 Å². The Morgan fingerprint density at radius 1 is 1.15 bits per heavy atom. The van der Waals surface area contributed by atoms with Crippen LogP contribution in [0.5, 0.6) is 0 Å². The molecule has 20 heavy (non-hydrogen) atoms. The highest BCUT2D eigenvalue weighted by Gasteiger charge is 2.06. The van der Waals surface area contributed by atoms with Crippen molar-refractivity contribution >= 4 is 11.6 Å². The molecule has 1 heterocycles. The van der Waals surface area contributed by atoms with Gasteiger partial charge in [0.15, 0.2) is 0 Å². The number of nitrogens with one attached hydrogen (secondary N) is 2. The number of anilines is 1.